The minimum Gasteiger partial charge on any atom is -0.0990 e. The lowest BCUT2D eigenvalue weighted by Crippen LogP contribution is -1.79. The SMILES string of the molecule is C=CPCCCCCCCC. The van der Waals surface area contributed by atoms with Gasteiger partial charge in [-0.2, -0.15) is 0 Å². The summed E-state index contributed by atoms with van der Waals surface area (Å²) < 4.78 is 0. The molecule has 0 saturated carbocycles. The largest absolute Gasteiger partial charge is 0.0990 e. The summed E-state index contributed by atoms with van der Waals surface area (Å²) in [5, 5.41) is 0. The molecule has 0 nitrogen and oxygen atoms in total. The van der Waals surface area contributed by atoms with Crippen LogP contribution in [0.5, 0.6) is 0 Å². The van der Waals surface area contributed by atoms with Crippen molar-refractivity contribution in [2.24, 2.45) is 0 Å². The second-order valence-electron chi connectivity index (χ2n) is 2.93. The van der Waals surface area contributed by atoms with Crippen molar-refractivity contribution in [2.75, 3.05) is 6.16 Å². The Kier molecular flexibility index (Phi) is 10.3. The monoisotopic (exact) mass is 172 g/mol. The van der Waals surface area contributed by atoms with Gasteiger partial charge in [0.25, 0.3) is 0 Å². The van der Waals surface area contributed by atoms with Gasteiger partial charge in [0.05, 0.1) is 0 Å². The molecule has 0 aliphatic carbocycles. The molecule has 0 aliphatic rings. The van der Waals surface area contributed by atoms with Crippen molar-refractivity contribution in [1.82, 2.24) is 0 Å². The number of hydrogen-bond acceptors (Lipinski definition) is 0. The van der Waals surface area contributed by atoms with E-state index in [-0.39, 0.29) is 0 Å². The van der Waals surface area contributed by atoms with Gasteiger partial charge in [0.1, 0.15) is 0 Å². The van der Waals surface area contributed by atoms with Gasteiger partial charge in [0, 0.05) is 0 Å². The van der Waals surface area contributed by atoms with Gasteiger partial charge in [0.2, 0.25) is 0 Å². The maximum Gasteiger partial charge on any atom is -0.0319 e. The maximum absolute atomic E-state index is 3.72. The van der Waals surface area contributed by atoms with Crippen LogP contribution in [0.2, 0.25) is 0 Å². The van der Waals surface area contributed by atoms with E-state index in [1.165, 1.54) is 44.7 Å². The molecule has 0 radical (unpaired) electrons. The van der Waals surface area contributed by atoms with Gasteiger partial charge in [-0.3, -0.25) is 0 Å². The fraction of sp³-hybridized carbons (Fsp3) is 0.800. The number of rotatable bonds is 8. The molecule has 0 amide bonds. The molecule has 0 bridgehead atoms. The van der Waals surface area contributed by atoms with Crippen LogP contribution in [0.1, 0.15) is 45.4 Å². The van der Waals surface area contributed by atoms with E-state index in [1.54, 1.807) is 0 Å². The van der Waals surface area contributed by atoms with E-state index in [0.29, 0.717) is 0 Å². The summed E-state index contributed by atoms with van der Waals surface area (Å²) in [7, 11) is 0.991. The molecule has 0 fully saturated rings. The first kappa shape index (κ1) is 11.2. The molecule has 0 saturated heterocycles. The molecule has 0 aromatic heterocycles. The van der Waals surface area contributed by atoms with Gasteiger partial charge in [-0.1, -0.05) is 60.0 Å². The van der Waals surface area contributed by atoms with E-state index in [4.69, 9.17) is 0 Å². The highest BCUT2D eigenvalue weighted by Gasteiger charge is 1.88. The Bertz CT molecular complexity index is 78.9. The van der Waals surface area contributed by atoms with Crippen molar-refractivity contribution >= 4 is 8.58 Å². The van der Waals surface area contributed by atoms with Crippen molar-refractivity contribution in [3.63, 3.8) is 0 Å². The molecule has 66 valence electrons. The minimum atomic E-state index is 0.991. The minimum absolute atomic E-state index is 0.991. The van der Waals surface area contributed by atoms with E-state index >= 15 is 0 Å². The first-order chi connectivity index (χ1) is 5.41. The molecule has 0 aromatic rings. The van der Waals surface area contributed by atoms with Crippen molar-refractivity contribution in [3.8, 4) is 0 Å². The molecular weight excluding hydrogens is 151 g/mol. The van der Waals surface area contributed by atoms with Crippen LogP contribution in [0.3, 0.4) is 0 Å². The van der Waals surface area contributed by atoms with Crippen LogP contribution in [0.15, 0.2) is 12.4 Å². The Labute approximate surface area is 73.2 Å². The van der Waals surface area contributed by atoms with Crippen molar-refractivity contribution in [2.45, 2.75) is 45.4 Å². The summed E-state index contributed by atoms with van der Waals surface area (Å²) in [6.45, 7) is 5.98. The first-order valence-corrected chi connectivity index (χ1v) is 6.04. The highest BCUT2D eigenvalue weighted by atomic mass is 31.1. The molecule has 0 spiro atoms. The summed E-state index contributed by atoms with van der Waals surface area (Å²) >= 11 is 0. The zero-order valence-electron chi connectivity index (χ0n) is 7.73. The van der Waals surface area contributed by atoms with Crippen LogP contribution >= 0.6 is 8.58 Å². The Hall–Kier alpha value is 0.170. The molecule has 0 heterocycles. The first-order valence-electron chi connectivity index (χ1n) is 4.76. The summed E-state index contributed by atoms with van der Waals surface area (Å²) in [4.78, 5) is 0. The Balaban J connectivity index is 2.74. The topological polar surface area (TPSA) is 0 Å². The number of unbranched alkanes of at least 4 members (excludes halogenated alkanes) is 5. The second kappa shape index (κ2) is 10.2. The summed E-state index contributed by atoms with van der Waals surface area (Å²) in [5.41, 5.74) is 0. The Morgan fingerprint density at radius 2 is 1.73 bits per heavy atom. The fourth-order valence-electron chi connectivity index (χ4n) is 1.11. The normalized spacial score (nSPS) is 11.0. The molecule has 11 heavy (non-hydrogen) atoms. The zero-order valence-corrected chi connectivity index (χ0v) is 8.73. The molecule has 0 aromatic carbocycles. The van der Waals surface area contributed by atoms with Gasteiger partial charge in [0.15, 0.2) is 0 Å². The van der Waals surface area contributed by atoms with E-state index in [1.807, 2.05) is 5.82 Å². The third kappa shape index (κ3) is 10.2. The smallest absolute Gasteiger partial charge is 0.0319 e. The van der Waals surface area contributed by atoms with Crippen LogP contribution in [0.4, 0.5) is 0 Å². The highest BCUT2D eigenvalue weighted by molar-refractivity contribution is 7.41. The standard InChI is InChI=1S/C10H21P/c1-3-5-6-7-8-9-10-11-4-2/h4,11H,2-3,5-10H2,1H3. The van der Waals surface area contributed by atoms with Crippen LogP contribution in [-0.4, -0.2) is 6.16 Å². The third-order valence-corrected chi connectivity index (χ3v) is 2.75. The molecule has 0 rings (SSSR count). The zero-order chi connectivity index (χ0) is 8.36. The van der Waals surface area contributed by atoms with Crippen LogP contribution in [-0.2, 0) is 0 Å². The summed E-state index contributed by atoms with van der Waals surface area (Å²) in [5.74, 6) is 2.05. The fourth-order valence-corrected chi connectivity index (χ4v) is 1.77. The lowest BCUT2D eigenvalue weighted by Gasteiger charge is -1.98. The van der Waals surface area contributed by atoms with Gasteiger partial charge >= 0.3 is 0 Å². The summed E-state index contributed by atoms with van der Waals surface area (Å²) in [6.07, 6.45) is 9.87. The van der Waals surface area contributed by atoms with Crippen LogP contribution in [0, 0.1) is 0 Å². The second-order valence-corrected chi connectivity index (χ2v) is 4.24. The predicted octanol–water partition coefficient (Wildman–Crippen LogP) is 4.17. The van der Waals surface area contributed by atoms with E-state index in [0.717, 1.165) is 8.58 Å². The van der Waals surface area contributed by atoms with E-state index < -0.39 is 0 Å². The molecule has 1 atom stereocenters. The molecule has 0 N–H and O–H groups in total. The Morgan fingerprint density at radius 1 is 1.09 bits per heavy atom. The summed E-state index contributed by atoms with van der Waals surface area (Å²) in [6, 6.07) is 0. The molecular formula is C10H21P. The van der Waals surface area contributed by atoms with E-state index in [9.17, 15) is 0 Å². The number of hydrogen-bond donors (Lipinski definition) is 0. The van der Waals surface area contributed by atoms with Crippen molar-refractivity contribution in [3.05, 3.63) is 12.4 Å². The average molecular weight is 172 g/mol. The predicted molar refractivity (Wildman–Crippen MR) is 56.8 cm³/mol. The third-order valence-electron chi connectivity index (χ3n) is 1.82. The van der Waals surface area contributed by atoms with Gasteiger partial charge < -0.3 is 0 Å². The lowest BCUT2D eigenvalue weighted by atomic mass is 10.1. The molecule has 1 heteroatoms. The van der Waals surface area contributed by atoms with E-state index in [2.05, 4.69) is 13.5 Å². The van der Waals surface area contributed by atoms with Crippen molar-refractivity contribution in [1.29, 1.82) is 0 Å². The lowest BCUT2D eigenvalue weighted by molar-refractivity contribution is 0.626. The quantitative estimate of drug-likeness (QED) is 0.381. The maximum atomic E-state index is 3.72. The average Bonchev–Trinajstić information content (AvgIpc) is 2.03. The van der Waals surface area contributed by atoms with Crippen LogP contribution < -0.4 is 0 Å². The van der Waals surface area contributed by atoms with Gasteiger partial charge in [-0.15, -0.1) is 0 Å². The Morgan fingerprint density at radius 3 is 2.36 bits per heavy atom. The van der Waals surface area contributed by atoms with Crippen molar-refractivity contribution < 1.29 is 0 Å². The van der Waals surface area contributed by atoms with Gasteiger partial charge in [-0.25, -0.2) is 0 Å². The van der Waals surface area contributed by atoms with Gasteiger partial charge in [-0.05, 0) is 12.6 Å². The molecule has 0 aliphatic heterocycles. The van der Waals surface area contributed by atoms with Crippen LogP contribution in [0.25, 0.3) is 0 Å². The molecule has 1 unspecified atom stereocenters. The highest BCUT2D eigenvalue weighted by Crippen LogP contribution is 2.14.